The molecule has 2 N–H and O–H groups in total. The van der Waals surface area contributed by atoms with E-state index in [1.165, 1.54) is 0 Å². The summed E-state index contributed by atoms with van der Waals surface area (Å²) in [5, 5.41) is 12.1. The largest absolute Gasteiger partial charge is 0.492 e. The Morgan fingerprint density at radius 3 is 2.89 bits per heavy atom. The summed E-state index contributed by atoms with van der Waals surface area (Å²) >= 11 is 6.08. The molecule has 0 aliphatic carbocycles. The molecule has 5 heteroatoms. The molecule has 0 unspecified atom stereocenters. The number of nitrogens with one attached hydrogen (secondary N) is 1. The van der Waals surface area contributed by atoms with E-state index in [-0.39, 0.29) is 6.42 Å². The molecule has 0 fully saturated rings. The summed E-state index contributed by atoms with van der Waals surface area (Å²) in [6.07, 6.45) is 1.06. The quantitative estimate of drug-likeness (QED) is 0.714. The number of hydrogen-bond donors (Lipinski definition) is 2. The van der Waals surface area contributed by atoms with Gasteiger partial charge in [-0.1, -0.05) is 24.6 Å². The van der Waals surface area contributed by atoms with Crippen LogP contribution >= 0.6 is 11.6 Å². The van der Waals surface area contributed by atoms with Gasteiger partial charge in [0.2, 0.25) is 0 Å². The number of ether oxygens (including phenoxy) is 1. The molecule has 18 heavy (non-hydrogen) atoms. The summed E-state index contributed by atoms with van der Waals surface area (Å²) in [4.78, 5) is 10.3. The van der Waals surface area contributed by atoms with E-state index in [2.05, 4.69) is 5.32 Å². The first kappa shape index (κ1) is 14.8. The van der Waals surface area contributed by atoms with Crippen molar-refractivity contribution < 1.29 is 14.6 Å². The SMILES string of the molecule is CCCOc1ccc(CNCCC(=O)O)cc1Cl. The number of carboxylic acids is 1. The van der Waals surface area contributed by atoms with Crippen molar-refractivity contribution in [2.45, 2.75) is 26.3 Å². The number of benzene rings is 1. The Morgan fingerprint density at radius 2 is 2.28 bits per heavy atom. The van der Waals surface area contributed by atoms with Gasteiger partial charge < -0.3 is 15.2 Å². The molecule has 1 rings (SSSR count). The van der Waals surface area contributed by atoms with Gasteiger partial charge in [0.1, 0.15) is 5.75 Å². The number of rotatable bonds is 8. The van der Waals surface area contributed by atoms with E-state index in [0.717, 1.165) is 12.0 Å². The molecular formula is C13H18ClNO3. The molecular weight excluding hydrogens is 254 g/mol. The lowest BCUT2D eigenvalue weighted by Crippen LogP contribution is -2.17. The third-order valence-corrected chi connectivity index (χ3v) is 2.60. The number of carbonyl (C=O) groups is 1. The van der Waals surface area contributed by atoms with Gasteiger partial charge in [0.25, 0.3) is 0 Å². The van der Waals surface area contributed by atoms with Crippen LogP contribution in [0.4, 0.5) is 0 Å². The highest BCUT2D eigenvalue weighted by atomic mass is 35.5. The van der Waals surface area contributed by atoms with Crippen molar-refractivity contribution in [1.29, 1.82) is 0 Å². The summed E-state index contributed by atoms with van der Waals surface area (Å²) in [5.74, 6) is -0.114. The van der Waals surface area contributed by atoms with Crippen molar-refractivity contribution in [2.24, 2.45) is 0 Å². The van der Waals surface area contributed by atoms with Crippen molar-refractivity contribution in [3.05, 3.63) is 28.8 Å². The zero-order chi connectivity index (χ0) is 13.4. The molecule has 0 aliphatic heterocycles. The monoisotopic (exact) mass is 271 g/mol. The van der Waals surface area contributed by atoms with Gasteiger partial charge >= 0.3 is 5.97 Å². The molecule has 0 radical (unpaired) electrons. The van der Waals surface area contributed by atoms with Crippen LogP contribution in [0.2, 0.25) is 5.02 Å². The molecule has 1 aromatic rings. The molecule has 0 amide bonds. The number of hydrogen-bond acceptors (Lipinski definition) is 3. The molecule has 0 atom stereocenters. The van der Waals surface area contributed by atoms with Gasteiger partial charge in [-0.25, -0.2) is 0 Å². The summed E-state index contributed by atoms with van der Waals surface area (Å²) in [6.45, 7) is 3.73. The maximum Gasteiger partial charge on any atom is 0.304 e. The van der Waals surface area contributed by atoms with Gasteiger partial charge in [-0.15, -0.1) is 0 Å². The van der Waals surface area contributed by atoms with Crippen molar-refractivity contribution >= 4 is 17.6 Å². The summed E-state index contributed by atoms with van der Waals surface area (Å²) in [6, 6.07) is 5.59. The molecule has 0 heterocycles. The maximum absolute atomic E-state index is 10.3. The Labute approximate surface area is 112 Å². The van der Waals surface area contributed by atoms with Crippen molar-refractivity contribution in [3.63, 3.8) is 0 Å². The first-order valence-electron chi connectivity index (χ1n) is 5.97. The molecule has 0 aliphatic rings. The molecule has 0 saturated carbocycles. The third kappa shape index (κ3) is 5.38. The summed E-state index contributed by atoms with van der Waals surface area (Å²) < 4.78 is 5.47. The third-order valence-electron chi connectivity index (χ3n) is 2.30. The Hall–Kier alpha value is -1.26. The minimum absolute atomic E-state index is 0.116. The zero-order valence-corrected chi connectivity index (χ0v) is 11.2. The topological polar surface area (TPSA) is 58.6 Å². The van der Waals surface area contributed by atoms with E-state index in [0.29, 0.717) is 30.5 Å². The highest BCUT2D eigenvalue weighted by Gasteiger charge is 2.03. The average molecular weight is 272 g/mol. The van der Waals surface area contributed by atoms with Gasteiger partial charge in [-0.3, -0.25) is 4.79 Å². The standard InChI is InChI=1S/C13H18ClNO3/c1-2-7-18-12-4-3-10(8-11(12)14)9-15-6-5-13(16)17/h3-4,8,15H,2,5-7,9H2,1H3,(H,16,17). The fourth-order valence-electron chi connectivity index (χ4n) is 1.41. The second kappa shape index (κ2) is 7.95. The minimum atomic E-state index is -0.802. The minimum Gasteiger partial charge on any atom is -0.492 e. The lowest BCUT2D eigenvalue weighted by Gasteiger charge is -2.09. The van der Waals surface area contributed by atoms with Gasteiger partial charge in [0.15, 0.2) is 0 Å². The van der Waals surface area contributed by atoms with E-state index in [9.17, 15) is 4.79 Å². The van der Waals surface area contributed by atoms with Crippen LogP contribution in [0.5, 0.6) is 5.75 Å². The fraction of sp³-hybridized carbons (Fsp3) is 0.462. The number of halogens is 1. The Morgan fingerprint density at radius 1 is 1.50 bits per heavy atom. The highest BCUT2D eigenvalue weighted by Crippen LogP contribution is 2.25. The van der Waals surface area contributed by atoms with Gasteiger partial charge in [-0.2, -0.15) is 0 Å². The maximum atomic E-state index is 10.3. The lowest BCUT2D eigenvalue weighted by molar-refractivity contribution is -0.136. The van der Waals surface area contributed by atoms with Crippen LogP contribution in [0, 0.1) is 0 Å². The van der Waals surface area contributed by atoms with E-state index in [4.69, 9.17) is 21.4 Å². The van der Waals surface area contributed by atoms with Crippen LogP contribution in [-0.4, -0.2) is 24.2 Å². The zero-order valence-electron chi connectivity index (χ0n) is 10.4. The van der Waals surface area contributed by atoms with Crippen molar-refractivity contribution in [1.82, 2.24) is 5.32 Å². The van der Waals surface area contributed by atoms with Gasteiger partial charge in [-0.05, 0) is 24.1 Å². The molecule has 100 valence electrons. The molecule has 4 nitrogen and oxygen atoms in total. The summed E-state index contributed by atoms with van der Waals surface area (Å²) in [5.41, 5.74) is 1.01. The Kier molecular flexibility index (Phi) is 6.54. The number of carboxylic acid groups (broad SMARTS) is 1. The van der Waals surface area contributed by atoms with Crippen LogP contribution in [0.25, 0.3) is 0 Å². The van der Waals surface area contributed by atoms with Crippen molar-refractivity contribution in [3.8, 4) is 5.75 Å². The van der Waals surface area contributed by atoms with Gasteiger partial charge in [0, 0.05) is 13.1 Å². The molecule has 0 saturated heterocycles. The van der Waals surface area contributed by atoms with Crippen LogP contribution in [0.1, 0.15) is 25.3 Å². The van der Waals surface area contributed by atoms with Crippen LogP contribution < -0.4 is 10.1 Å². The van der Waals surface area contributed by atoms with Crippen LogP contribution in [0.3, 0.4) is 0 Å². The Bertz CT molecular complexity index is 396. The van der Waals surface area contributed by atoms with Gasteiger partial charge in [0.05, 0.1) is 18.1 Å². The van der Waals surface area contributed by atoms with E-state index < -0.39 is 5.97 Å². The molecule has 0 spiro atoms. The molecule has 0 aromatic heterocycles. The average Bonchev–Trinajstić information content (AvgIpc) is 2.33. The second-order valence-corrected chi connectivity index (χ2v) is 4.34. The van der Waals surface area contributed by atoms with Crippen molar-refractivity contribution in [2.75, 3.05) is 13.2 Å². The smallest absolute Gasteiger partial charge is 0.304 e. The first-order chi connectivity index (χ1) is 8.63. The number of aliphatic carboxylic acids is 1. The van der Waals surface area contributed by atoms with Crippen LogP contribution in [0.15, 0.2) is 18.2 Å². The Balaban J connectivity index is 2.43. The van der Waals surface area contributed by atoms with Crippen LogP contribution in [-0.2, 0) is 11.3 Å². The molecule has 0 bridgehead atoms. The first-order valence-corrected chi connectivity index (χ1v) is 6.35. The predicted molar refractivity (Wildman–Crippen MR) is 71.2 cm³/mol. The second-order valence-electron chi connectivity index (χ2n) is 3.93. The fourth-order valence-corrected chi connectivity index (χ4v) is 1.67. The lowest BCUT2D eigenvalue weighted by atomic mass is 10.2. The van der Waals surface area contributed by atoms with E-state index in [1.807, 2.05) is 25.1 Å². The predicted octanol–water partition coefficient (Wildman–Crippen LogP) is 2.69. The molecule has 1 aromatic carbocycles. The normalized spacial score (nSPS) is 10.3. The van der Waals surface area contributed by atoms with E-state index in [1.54, 1.807) is 0 Å². The highest BCUT2D eigenvalue weighted by molar-refractivity contribution is 6.32. The van der Waals surface area contributed by atoms with E-state index >= 15 is 0 Å². The summed E-state index contributed by atoms with van der Waals surface area (Å²) in [7, 11) is 0.